The molecule has 0 aliphatic carbocycles. The van der Waals surface area contributed by atoms with Gasteiger partial charge in [-0.3, -0.25) is 4.79 Å². The van der Waals surface area contributed by atoms with E-state index in [0.29, 0.717) is 31.7 Å². The third-order valence-electron chi connectivity index (χ3n) is 10.0. The van der Waals surface area contributed by atoms with Gasteiger partial charge in [0.1, 0.15) is 5.78 Å². The van der Waals surface area contributed by atoms with E-state index >= 15 is 0 Å². The minimum absolute atomic E-state index is 0.0311. The summed E-state index contributed by atoms with van der Waals surface area (Å²) in [7, 11) is 3.87. The number of urea groups is 1. The molecule has 3 N–H and O–H groups in total. The number of rotatable bonds is 36. The van der Waals surface area contributed by atoms with Crippen LogP contribution in [0.3, 0.4) is 0 Å². The largest absolute Gasteiger partial charge is 0.396 e. The zero-order valence-electron chi connectivity index (χ0n) is 32.8. The number of nitrogens with zero attached hydrogens (tertiary/aromatic N) is 2. The van der Waals surface area contributed by atoms with Crippen molar-refractivity contribution in [1.29, 1.82) is 0 Å². The van der Waals surface area contributed by atoms with Gasteiger partial charge in [-0.15, -0.1) is 0 Å². The summed E-state index contributed by atoms with van der Waals surface area (Å²) in [5, 5.41) is 22.1. The van der Waals surface area contributed by atoms with E-state index in [2.05, 4.69) is 26.1 Å². The Morgan fingerprint density at radius 2 is 1.10 bits per heavy atom. The number of likely N-dealkylation sites (N-methyl/N-ethyl adjacent to an activating group) is 1. The second kappa shape index (κ2) is 34.3. The number of ketones is 1. The number of aliphatic hydroxyl groups is 2. The number of nitrogens with one attached hydrogen (secondary N) is 1. The number of hydrogen-bond acceptors (Lipinski definition) is 5. The number of carbonyl (C=O) groups excluding carboxylic acids is 2. The van der Waals surface area contributed by atoms with Crippen LogP contribution in [0.1, 0.15) is 188 Å². The number of Topliss-reactive ketones (excluding diaryl/α,β-unsaturated/α-hetero) is 1. The molecule has 0 aliphatic heterocycles. The highest BCUT2D eigenvalue weighted by molar-refractivity contribution is 5.80. The molecule has 0 saturated carbocycles. The van der Waals surface area contributed by atoms with Crippen LogP contribution < -0.4 is 5.32 Å². The monoisotopic (exact) mass is 682 g/mol. The lowest BCUT2D eigenvalue weighted by atomic mass is 9.88. The number of amides is 2. The van der Waals surface area contributed by atoms with Crippen molar-refractivity contribution < 1.29 is 19.8 Å². The van der Waals surface area contributed by atoms with Gasteiger partial charge in [-0.1, -0.05) is 143 Å². The van der Waals surface area contributed by atoms with Crippen LogP contribution in [0.25, 0.3) is 0 Å². The fourth-order valence-corrected chi connectivity index (χ4v) is 6.81. The molecule has 48 heavy (non-hydrogen) atoms. The summed E-state index contributed by atoms with van der Waals surface area (Å²) in [6.07, 6.45) is 29.7. The molecule has 0 heterocycles. The molecule has 0 aromatic carbocycles. The fourth-order valence-electron chi connectivity index (χ4n) is 6.81. The molecule has 7 nitrogen and oxygen atoms in total. The van der Waals surface area contributed by atoms with Crippen molar-refractivity contribution in [2.75, 3.05) is 46.9 Å². The quantitative estimate of drug-likeness (QED) is 0.0573. The van der Waals surface area contributed by atoms with E-state index in [4.69, 9.17) is 5.11 Å². The van der Waals surface area contributed by atoms with Crippen molar-refractivity contribution in [2.24, 2.45) is 11.8 Å². The van der Waals surface area contributed by atoms with Crippen LogP contribution >= 0.6 is 0 Å². The zero-order chi connectivity index (χ0) is 35.7. The van der Waals surface area contributed by atoms with Gasteiger partial charge in [-0.25, -0.2) is 4.79 Å². The Morgan fingerprint density at radius 3 is 1.65 bits per heavy atom. The third kappa shape index (κ3) is 29.7. The van der Waals surface area contributed by atoms with Crippen molar-refractivity contribution in [3.63, 3.8) is 0 Å². The molecular weight excluding hydrogens is 598 g/mol. The molecule has 0 rings (SSSR count). The lowest BCUT2D eigenvalue weighted by Crippen LogP contribution is -2.42. The van der Waals surface area contributed by atoms with Gasteiger partial charge in [0.05, 0.1) is 6.10 Å². The summed E-state index contributed by atoms with van der Waals surface area (Å²) >= 11 is 0. The summed E-state index contributed by atoms with van der Waals surface area (Å²) in [4.78, 5) is 29.6. The van der Waals surface area contributed by atoms with Gasteiger partial charge in [0.2, 0.25) is 0 Å². The Labute approximate surface area is 298 Å². The molecule has 286 valence electrons. The number of hydrogen-bond donors (Lipinski definition) is 3. The van der Waals surface area contributed by atoms with Crippen LogP contribution in [0.4, 0.5) is 4.79 Å². The van der Waals surface area contributed by atoms with Gasteiger partial charge in [-0.2, -0.15) is 0 Å². The van der Waals surface area contributed by atoms with Gasteiger partial charge in [0.25, 0.3) is 0 Å². The molecule has 2 unspecified atom stereocenters. The molecule has 0 aliphatic rings. The van der Waals surface area contributed by atoms with Crippen LogP contribution in [-0.4, -0.2) is 84.8 Å². The molecule has 0 aromatic rings. The Balaban J connectivity index is 4.30. The maximum absolute atomic E-state index is 12.9. The minimum atomic E-state index is -0.442. The molecule has 2 atom stereocenters. The lowest BCUT2D eigenvalue weighted by Gasteiger charge is -2.24. The van der Waals surface area contributed by atoms with Gasteiger partial charge in [-0.05, 0) is 58.5 Å². The van der Waals surface area contributed by atoms with E-state index in [1.165, 1.54) is 83.5 Å². The van der Waals surface area contributed by atoms with Crippen molar-refractivity contribution in [1.82, 2.24) is 15.1 Å². The first kappa shape index (κ1) is 46.8. The first-order chi connectivity index (χ1) is 23.2. The highest BCUT2D eigenvalue weighted by Crippen LogP contribution is 2.25. The van der Waals surface area contributed by atoms with E-state index < -0.39 is 6.10 Å². The molecule has 0 saturated heterocycles. The van der Waals surface area contributed by atoms with E-state index in [9.17, 15) is 14.7 Å². The van der Waals surface area contributed by atoms with Crippen LogP contribution in [0.15, 0.2) is 0 Å². The summed E-state index contributed by atoms with van der Waals surface area (Å²) in [5.41, 5.74) is 0. The molecular formula is C41H83N3O4. The Kier molecular flexibility index (Phi) is 33.4. The average Bonchev–Trinajstić information content (AvgIpc) is 3.05. The summed E-state index contributed by atoms with van der Waals surface area (Å²) in [5.74, 6) is 1.53. The van der Waals surface area contributed by atoms with E-state index in [-0.39, 0.29) is 18.6 Å². The van der Waals surface area contributed by atoms with E-state index in [1.54, 1.807) is 0 Å². The number of aliphatic hydroxyl groups excluding tert-OH is 2. The molecule has 0 fully saturated rings. The Morgan fingerprint density at radius 1 is 0.625 bits per heavy atom. The SMILES string of the molecule is CCCCCCC(CCCCCC)CCCCC(C)C(=O)CCCCCCCN(CCCCCCCO)C(=O)NCCC(O)CN(C)C. The normalized spacial score (nSPS) is 12.9. The topological polar surface area (TPSA) is 93.1 Å². The second-order valence-electron chi connectivity index (χ2n) is 15.1. The highest BCUT2D eigenvalue weighted by atomic mass is 16.3. The predicted molar refractivity (Wildman–Crippen MR) is 206 cm³/mol. The van der Waals surface area contributed by atoms with Gasteiger partial charge >= 0.3 is 6.03 Å². The molecule has 7 heteroatoms. The van der Waals surface area contributed by atoms with Gasteiger partial charge < -0.3 is 25.3 Å². The average molecular weight is 682 g/mol. The second-order valence-corrected chi connectivity index (χ2v) is 15.1. The fraction of sp³-hybridized carbons (Fsp3) is 0.951. The first-order valence-electron chi connectivity index (χ1n) is 20.7. The molecule has 0 radical (unpaired) electrons. The molecule has 0 bridgehead atoms. The Hall–Kier alpha value is -1.18. The van der Waals surface area contributed by atoms with Crippen LogP contribution in [0.2, 0.25) is 0 Å². The van der Waals surface area contributed by atoms with Crippen LogP contribution in [0.5, 0.6) is 0 Å². The Bertz CT molecular complexity index is 708. The summed E-state index contributed by atoms with van der Waals surface area (Å²) < 4.78 is 0. The van der Waals surface area contributed by atoms with Crippen molar-refractivity contribution >= 4 is 11.8 Å². The number of carbonyl (C=O) groups is 2. The van der Waals surface area contributed by atoms with Crippen LogP contribution in [-0.2, 0) is 4.79 Å². The van der Waals surface area contributed by atoms with E-state index in [1.807, 2.05) is 23.9 Å². The van der Waals surface area contributed by atoms with Crippen molar-refractivity contribution in [3.8, 4) is 0 Å². The molecule has 0 spiro atoms. The van der Waals surface area contributed by atoms with Gasteiger partial charge in [0.15, 0.2) is 0 Å². The first-order valence-corrected chi connectivity index (χ1v) is 20.7. The lowest BCUT2D eigenvalue weighted by molar-refractivity contribution is -0.122. The van der Waals surface area contributed by atoms with E-state index in [0.717, 1.165) is 89.6 Å². The maximum atomic E-state index is 12.9. The van der Waals surface area contributed by atoms with Crippen molar-refractivity contribution in [3.05, 3.63) is 0 Å². The predicted octanol–water partition coefficient (Wildman–Crippen LogP) is 9.92. The number of unbranched alkanes of at least 4 members (excludes halogenated alkanes) is 15. The summed E-state index contributed by atoms with van der Waals surface area (Å²) in [6, 6.07) is -0.0311. The minimum Gasteiger partial charge on any atom is -0.396 e. The molecule has 2 amide bonds. The standard InChI is InChI=1S/C41H83N3O4/c1-6-8-10-18-27-38(28-19-11-9-7-2)29-22-21-26-37(3)40(47)30-20-14-12-15-23-33-44(34-24-16-13-17-25-35-45)41(48)42-32-31-39(46)36-43(4)5/h37-39,45-46H,6-36H2,1-5H3,(H,42,48). The highest BCUT2D eigenvalue weighted by Gasteiger charge is 2.15. The zero-order valence-corrected chi connectivity index (χ0v) is 32.8. The van der Waals surface area contributed by atoms with Crippen molar-refractivity contribution in [2.45, 2.75) is 194 Å². The smallest absolute Gasteiger partial charge is 0.317 e. The van der Waals surface area contributed by atoms with Crippen LogP contribution in [0, 0.1) is 11.8 Å². The summed E-state index contributed by atoms with van der Waals surface area (Å²) in [6.45, 7) is 9.54. The van der Waals surface area contributed by atoms with Gasteiger partial charge in [0, 0.05) is 45.1 Å². The maximum Gasteiger partial charge on any atom is 0.317 e. The third-order valence-corrected chi connectivity index (χ3v) is 10.0. The molecule has 0 aromatic heterocycles.